The molecule has 0 unspecified atom stereocenters. The van der Waals surface area contributed by atoms with E-state index in [1.54, 1.807) is 0 Å². The fraction of sp³-hybridized carbons (Fsp3) is 0.235. The van der Waals surface area contributed by atoms with Gasteiger partial charge in [0, 0.05) is 23.0 Å². The highest BCUT2D eigenvalue weighted by molar-refractivity contribution is 5.91. The van der Waals surface area contributed by atoms with E-state index in [4.69, 9.17) is 5.11 Å². The molecule has 104 valence electrons. The number of carboxylic acids is 1. The fourth-order valence-electron chi connectivity index (χ4n) is 2.44. The van der Waals surface area contributed by atoms with Gasteiger partial charge >= 0.3 is 5.97 Å². The Morgan fingerprint density at radius 1 is 1.30 bits per heavy atom. The summed E-state index contributed by atoms with van der Waals surface area (Å²) in [5.41, 5.74) is 4.23. The maximum Gasteiger partial charge on any atom is 0.303 e. The zero-order valence-electron chi connectivity index (χ0n) is 11.8. The molecule has 1 aromatic carbocycles. The van der Waals surface area contributed by atoms with Crippen LogP contribution >= 0.6 is 0 Å². The molecule has 0 fully saturated rings. The van der Waals surface area contributed by atoms with Crippen molar-refractivity contribution in [2.45, 2.75) is 26.7 Å². The van der Waals surface area contributed by atoms with E-state index in [9.17, 15) is 4.79 Å². The van der Waals surface area contributed by atoms with E-state index in [0.717, 1.165) is 27.7 Å². The lowest BCUT2D eigenvalue weighted by molar-refractivity contribution is -0.136. The van der Waals surface area contributed by atoms with Crippen molar-refractivity contribution < 1.29 is 9.90 Å². The highest BCUT2D eigenvalue weighted by Crippen LogP contribution is 2.29. The van der Waals surface area contributed by atoms with Gasteiger partial charge in [-0.1, -0.05) is 36.4 Å². The van der Waals surface area contributed by atoms with Gasteiger partial charge in [0.1, 0.15) is 0 Å². The Labute approximate surface area is 118 Å². The smallest absolute Gasteiger partial charge is 0.303 e. The fourth-order valence-corrected chi connectivity index (χ4v) is 2.44. The van der Waals surface area contributed by atoms with Crippen molar-refractivity contribution in [3.63, 3.8) is 0 Å². The number of rotatable bonds is 5. The molecule has 0 aliphatic heterocycles. The minimum absolute atomic E-state index is 0.141. The largest absolute Gasteiger partial charge is 0.481 e. The first-order valence-electron chi connectivity index (χ1n) is 6.78. The van der Waals surface area contributed by atoms with Crippen LogP contribution in [0.1, 0.15) is 31.5 Å². The van der Waals surface area contributed by atoms with Crippen molar-refractivity contribution in [2.75, 3.05) is 0 Å². The average Bonchev–Trinajstić information content (AvgIpc) is 2.81. The van der Waals surface area contributed by atoms with Crippen molar-refractivity contribution in [3.05, 3.63) is 53.8 Å². The molecule has 0 aliphatic rings. The number of aromatic amines is 1. The van der Waals surface area contributed by atoms with E-state index < -0.39 is 5.97 Å². The molecule has 3 heteroatoms. The second-order valence-electron chi connectivity index (χ2n) is 4.66. The summed E-state index contributed by atoms with van der Waals surface area (Å²) in [7, 11) is 0. The highest BCUT2D eigenvalue weighted by atomic mass is 16.4. The minimum atomic E-state index is -0.769. The first-order chi connectivity index (χ1) is 9.67. The quantitative estimate of drug-likeness (QED) is 0.801. The number of H-pyrrole nitrogens is 1. The molecule has 0 radical (unpaired) electrons. The van der Waals surface area contributed by atoms with Gasteiger partial charge < -0.3 is 10.1 Å². The van der Waals surface area contributed by atoms with Crippen molar-refractivity contribution in [1.29, 1.82) is 0 Å². The number of benzene rings is 1. The van der Waals surface area contributed by atoms with Gasteiger partial charge in [-0.3, -0.25) is 4.79 Å². The lowest BCUT2D eigenvalue weighted by Crippen LogP contribution is -1.99. The van der Waals surface area contributed by atoms with Crippen LogP contribution in [0.25, 0.3) is 16.5 Å². The van der Waals surface area contributed by atoms with Crippen molar-refractivity contribution in [3.8, 4) is 0 Å². The molecule has 0 aliphatic carbocycles. The lowest BCUT2D eigenvalue weighted by atomic mass is 10.0. The topological polar surface area (TPSA) is 53.1 Å². The van der Waals surface area contributed by atoms with Gasteiger partial charge in [-0.15, -0.1) is 0 Å². The van der Waals surface area contributed by atoms with Gasteiger partial charge in [0.2, 0.25) is 0 Å². The molecule has 0 spiro atoms. The number of fused-ring (bicyclic) bond motifs is 1. The summed E-state index contributed by atoms with van der Waals surface area (Å²) in [5.74, 6) is -0.769. The van der Waals surface area contributed by atoms with Crippen molar-refractivity contribution in [1.82, 2.24) is 4.98 Å². The third-order valence-corrected chi connectivity index (χ3v) is 3.35. The van der Waals surface area contributed by atoms with Gasteiger partial charge in [-0.2, -0.15) is 0 Å². The second-order valence-corrected chi connectivity index (χ2v) is 4.66. The number of aliphatic carboxylic acids is 1. The molecule has 20 heavy (non-hydrogen) atoms. The normalized spacial score (nSPS) is 12.4. The average molecular weight is 269 g/mol. The van der Waals surface area contributed by atoms with Crippen LogP contribution in [0, 0.1) is 0 Å². The summed E-state index contributed by atoms with van der Waals surface area (Å²) in [5, 5.41) is 10.0. The monoisotopic (exact) mass is 269 g/mol. The van der Waals surface area contributed by atoms with Crippen molar-refractivity contribution >= 4 is 22.4 Å². The molecule has 0 saturated heterocycles. The van der Waals surface area contributed by atoms with Gasteiger partial charge in [0.05, 0.1) is 0 Å². The van der Waals surface area contributed by atoms with Gasteiger partial charge in [0.15, 0.2) is 0 Å². The number of hydrogen-bond donors (Lipinski definition) is 2. The summed E-state index contributed by atoms with van der Waals surface area (Å²) in [6.45, 7) is 3.96. The van der Waals surface area contributed by atoms with Crippen LogP contribution in [0.3, 0.4) is 0 Å². The molecule has 0 saturated carbocycles. The van der Waals surface area contributed by atoms with Crippen LogP contribution in [-0.4, -0.2) is 16.1 Å². The minimum Gasteiger partial charge on any atom is -0.481 e. The van der Waals surface area contributed by atoms with E-state index in [0.29, 0.717) is 6.42 Å². The number of carboxylic acid groups (broad SMARTS) is 1. The molecule has 0 amide bonds. The molecular formula is C17H19NO2. The number of aromatic nitrogens is 1. The molecule has 1 heterocycles. The molecule has 2 N–H and O–H groups in total. The Bertz CT molecular complexity index is 677. The van der Waals surface area contributed by atoms with Crippen LogP contribution in [0.2, 0.25) is 0 Å². The standard InChI is InChI=1S/C17H19NO2/c1-3-7-12(4-2)17-14(10-11-16(19)20)13-8-5-6-9-15(13)18-17/h3-9,18H,10-11H2,1-2H3,(H,19,20)/b7-3-,12-4+. The number of nitrogens with one attached hydrogen (secondary N) is 1. The predicted molar refractivity (Wildman–Crippen MR) is 82.7 cm³/mol. The van der Waals surface area contributed by atoms with E-state index in [1.807, 2.05) is 56.3 Å². The van der Waals surface area contributed by atoms with Crippen LogP contribution in [0.15, 0.2) is 42.5 Å². The Morgan fingerprint density at radius 3 is 2.70 bits per heavy atom. The SMILES string of the molecule is C/C=C\C(=C/C)c1[nH]c2ccccc2c1CCC(=O)O. The second kappa shape index (κ2) is 6.24. The number of aryl methyl sites for hydroxylation is 1. The zero-order valence-corrected chi connectivity index (χ0v) is 11.8. The maximum absolute atomic E-state index is 10.9. The van der Waals surface area contributed by atoms with E-state index >= 15 is 0 Å². The van der Waals surface area contributed by atoms with Crippen molar-refractivity contribution in [2.24, 2.45) is 0 Å². The number of carbonyl (C=O) groups is 1. The Kier molecular flexibility index (Phi) is 4.41. The molecule has 0 bridgehead atoms. The summed E-state index contributed by atoms with van der Waals surface area (Å²) in [6, 6.07) is 8.02. The van der Waals surface area contributed by atoms with Crippen LogP contribution in [-0.2, 0) is 11.2 Å². The van der Waals surface area contributed by atoms with Gasteiger partial charge in [-0.05, 0) is 37.5 Å². The van der Waals surface area contributed by atoms with Crippen LogP contribution in [0.4, 0.5) is 0 Å². The van der Waals surface area contributed by atoms with E-state index in [2.05, 4.69) is 4.98 Å². The molecule has 0 atom stereocenters. The van der Waals surface area contributed by atoms with Gasteiger partial charge in [0.25, 0.3) is 0 Å². The van der Waals surface area contributed by atoms with Gasteiger partial charge in [-0.25, -0.2) is 0 Å². The maximum atomic E-state index is 10.9. The van der Waals surface area contributed by atoms with E-state index in [1.165, 1.54) is 0 Å². The Balaban J connectivity index is 2.57. The summed E-state index contributed by atoms with van der Waals surface area (Å²) in [4.78, 5) is 14.3. The highest BCUT2D eigenvalue weighted by Gasteiger charge is 2.14. The number of para-hydroxylation sites is 1. The zero-order chi connectivity index (χ0) is 14.5. The molecule has 2 aromatic rings. The Morgan fingerprint density at radius 2 is 2.05 bits per heavy atom. The third-order valence-electron chi connectivity index (χ3n) is 3.35. The molecular weight excluding hydrogens is 250 g/mol. The summed E-state index contributed by atoms with van der Waals surface area (Å²) >= 11 is 0. The number of allylic oxidation sites excluding steroid dienone is 4. The third kappa shape index (κ3) is 2.82. The molecule has 3 nitrogen and oxygen atoms in total. The summed E-state index contributed by atoms with van der Waals surface area (Å²) in [6.07, 6.45) is 6.73. The predicted octanol–water partition coefficient (Wildman–Crippen LogP) is 4.16. The molecule has 1 aromatic heterocycles. The first kappa shape index (κ1) is 14.1. The molecule has 2 rings (SSSR count). The lowest BCUT2D eigenvalue weighted by Gasteiger charge is -2.04. The first-order valence-corrected chi connectivity index (χ1v) is 6.78. The van der Waals surface area contributed by atoms with E-state index in [-0.39, 0.29) is 6.42 Å². The number of hydrogen-bond acceptors (Lipinski definition) is 1. The Hall–Kier alpha value is -2.29. The van der Waals surface area contributed by atoms with Crippen LogP contribution < -0.4 is 0 Å². The summed E-state index contributed by atoms with van der Waals surface area (Å²) < 4.78 is 0. The van der Waals surface area contributed by atoms with Crippen LogP contribution in [0.5, 0.6) is 0 Å².